The standard InChI is InChI=1S/C19H16N2O7/c1-11(27-14-6-3-12-4-8-18(22)28-17(12)10-14)19(23)20-15-9-13(21(24)25)5-7-16(15)26-2/h3-11H,1-2H3,(H,20,23)/t11-/m0/s1. The molecule has 1 N–H and O–H groups in total. The van der Waals surface area contributed by atoms with Gasteiger partial charge in [-0.2, -0.15) is 0 Å². The molecule has 1 heterocycles. The second kappa shape index (κ2) is 7.78. The van der Waals surface area contributed by atoms with Gasteiger partial charge in [0, 0.05) is 29.7 Å². The Bertz CT molecular complexity index is 1110. The number of amides is 1. The van der Waals surface area contributed by atoms with E-state index in [1.165, 1.54) is 44.4 Å². The molecular formula is C19H16N2O7. The molecule has 3 rings (SSSR count). The first-order chi connectivity index (χ1) is 13.4. The molecule has 1 aromatic heterocycles. The highest BCUT2D eigenvalue weighted by Gasteiger charge is 2.19. The van der Waals surface area contributed by atoms with Gasteiger partial charge in [0.2, 0.25) is 0 Å². The Morgan fingerprint density at radius 1 is 1.18 bits per heavy atom. The molecule has 1 atom stereocenters. The third-order valence-corrected chi connectivity index (χ3v) is 3.93. The third kappa shape index (κ3) is 4.09. The molecule has 9 nitrogen and oxygen atoms in total. The van der Waals surface area contributed by atoms with Gasteiger partial charge in [0.05, 0.1) is 17.7 Å². The number of nitro groups is 1. The Morgan fingerprint density at radius 3 is 2.64 bits per heavy atom. The lowest BCUT2D eigenvalue weighted by atomic mass is 10.2. The second-order valence-corrected chi connectivity index (χ2v) is 5.85. The van der Waals surface area contributed by atoms with Gasteiger partial charge in [-0.05, 0) is 31.2 Å². The van der Waals surface area contributed by atoms with Gasteiger partial charge in [0.25, 0.3) is 11.6 Å². The molecule has 0 aliphatic heterocycles. The van der Waals surface area contributed by atoms with Gasteiger partial charge in [0.15, 0.2) is 6.10 Å². The second-order valence-electron chi connectivity index (χ2n) is 5.85. The predicted molar refractivity (Wildman–Crippen MR) is 101 cm³/mol. The van der Waals surface area contributed by atoms with E-state index in [4.69, 9.17) is 13.9 Å². The zero-order valence-corrected chi connectivity index (χ0v) is 15.0. The molecule has 3 aromatic rings. The molecule has 0 bridgehead atoms. The fourth-order valence-corrected chi connectivity index (χ4v) is 2.51. The fraction of sp³-hybridized carbons (Fsp3) is 0.158. The van der Waals surface area contributed by atoms with E-state index in [0.29, 0.717) is 16.7 Å². The fourth-order valence-electron chi connectivity index (χ4n) is 2.51. The summed E-state index contributed by atoms with van der Waals surface area (Å²) in [5.74, 6) is 0.0718. The maximum atomic E-state index is 12.4. The molecule has 9 heteroatoms. The summed E-state index contributed by atoms with van der Waals surface area (Å²) in [5.41, 5.74) is -0.193. The molecule has 28 heavy (non-hydrogen) atoms. The highest BCUT2D eigenvalue weighted by atomic mass is 16.6. The average molecular weight is 384 g/mol. The Labute approximate surface area is 158 Å². The number of nitrogens with one attached hydrogen (secondary N) is 1. The summed E-state index contributed by atoms with van der Waals surface area (Å²) in [6.45, 7) is 1.52. The van der Waals surface area contributed by atoms with Gasteiger partial charge in [-0.25, -0.2) is 4.79 Å². The average Bonchev–Trinajstić information content (AvgIpc) is 2.67. The van der Waals surface area contributed by atoms with Crippen molar-refractivity contribution in [2.24, 2.45) is 0 Å². The minimum absolute atomic E-state index is 0.154. The van der Waals surface area contributed by atoms with Crippen LogP contribution in [0.25, 0.3) is 11.0 Å². The van der Waals surface area contributed by atoms with Gasteiger partial charge in [-0.3, -0.25) is 14.9 Å². The summed E-state index contributed by atoms with van der Waals surface area (Å²) in [6, 6.07) is 11.6. The van der Waals surface area contributed by atoms with Crippen LogP contribution in [0.4, 0.5) is 11.4 Å². The van der Waals surface area contributed by atoms with E-state index >= 15 is 0 Å². The quantitative estimate of drug-likeness (QED) is 0.394. The first-order valence-electron chi connectivity index (χ1n) is 8.21. The molecule has 0 unspecified atom stereocenters. The number of rotatable bonds is 6. The van der Waals surface area contributed by atoms with Gasteiger partial charge in [-0.1, -0.05) is 0 Å². The lowest BCUT2D eigenvalue weighted by molar-refractivity contribution is -0.384. The summed E-state index contributed by atoms with van der Waals surface area (Å²) >= 11 is 0. The van der Waals surface area contributed by atoms with Crippen LogP contribution < -0.4 is 20.4 Å². The number of nitro benzene ring substituents is 1. The van der Waals surface area contributed by atoms with Crippen molar-refractivity contribution in [2.45, 2.75) is 13.0 Å². The highest BCUT2D eigenvalue weighted by Crippen LogP contribution is 2.29. The first kappa shape index (κ1) is 18.9. The zero-order chi connectivity index (χ0) is 20.3. The van der Waals surface area contributed by atoms with E-state index in [-0.39, 0.29) is 17.1 Å². The van der Waals surface area contributed by atoms with E-state index < -0.39 is 22.6 Å². The monoisotopic (exact) mass is 384 g/mol. The number of carbonyl (C=O) groups is 1. The van der Waals surface area contributed by atoms with Gasteiger partial charge >= 0.3 is 5.63 Å². The predicted octanol–water partition coefficient (Wildman–Crippen LogP) is 3.12. The van der Waals surface area contributed by atoms with Crippen LogP contribution in [0, 0.1) is 10.1 Å². The number of anilines is 1. The van der Waals surface area contributed by atoms with Crippen LogP contribution in [-0.2, 0) is 4.79 Å². The van der Waals surface area contributed by atoms with Crippen molar-refractivity contribution in [3.05, 3.63) is 69.1 Å². The highest BCUT2D eigenvalue weighted by molar-refractivity contribution is 5.95. The molecule has 0 aliphatic rings. The minimum atomic E-state index is -0.933. The Hall–Kier alpha value is -3.88. The van der Waals surface area contributed by atoms with Crippen molar-refractivity contribution in [3.63, 3.8) is 0 Å². The summed E-state index contributed by atoms with van der Waals surface area (Å²) in [6.07, 6.45) is -0.933. The van der Waals surface area contributed by atoms with Gasteiger partial charge in [-0.15, -0.1) is 0 Å². The molecule has 2 aromatic carbocycles. The van der Waals surface area contributed by atoms with E-state index in [2.05, 4.69) is 5.32 Å². The topological polar surface area (TPSA) is 121 Å². The Morgan fingerprint density at radius 2 is 1.93 bits per heavy atom. The van der Waals surface area contributed by atoms with Crippen LogP contribution in [-0.4, -0.2) is 24.0 Å². The normalized spacial score (nSPS) is 11.6. The maximum Gasteiger partial charge on any atom is 0.336 e. The number of nitrogens with zero attached hydrogens (tertiary/aromatic N) is 1. The van der Waals surface area contributed by atoms with Crippen molar-refractivity contribution < 1.29 is 23.6 Å². The molecule has 0 spiro atoms. The first-order valence-corrected chi connectivity index (χ1v) is 8.21. The van der Waals surface area contributed by atoms with Crippen LogP contribution >= 0.6 is 0 Å². The van der Waals surface area contributed by atoms with E-state index in [9.17, 15) is 19.7 Å². The molecule has 144 valence electrons. The lowest BCUT2D eigenvalue weighted by Gasteiger charge is -2.16. The van der Waals surface area contributed by atoms with Crippen LogP contribution in [0.2, 0.25) is 0 Å². The summed E-state index contributed by atoms with van der Waals surface area (Å²) < 4.78 is 15.8. The lowest BCUT2D eigenvalue weighted by Crippen LogP contribution is -2.30. The maximum absolute atomic E-state index is 12.4. The zero-order valence-electron chi connectivity index (χ0n) is 15.0. The Kier molecular flexibility index (Phi) is 5.25. The third-order valence-electron chi connectivity index (χ3n) is 3.93. The number of ether oxygens (including phenoxy) is 2. The number of benzene rings is 2. The summed E-state index contributed by atoms with van der Waals surface area (Å²) in [7, 11) is 1.39. The summed E-state index contributed by atoms with van der Waals surface area (Å²) in [4.78, 5) is 34.2. The van der Waals surface area contributed by atoms with Crippen LogP contribution in [0.1, 0.15) is 6.92 Å². The van der Waals surface area contributed by atoms with Crippen LogP contribution in [0.3, 0.4) is 0 Å². The molecule has 1 amide bonds. The molecular weight excluding hydrogens is 368 g/mol. The van der Waals surface area contributed by atoms with Crippen molar-refractivity contribution in [2.75, 3.05) is 12.4 Å². The van der Waals surface area contributed by atoms with Gasteiger partial charge < -0.3 is 19.2 Å². The Balaban J connectivity index is 1.77. The number of carbonyl (C=O) groups excluding carboxylic acids is 1. The number of non-ortho nitro benzene ring substituents is 1. The van der Waals surface area contributed by atoms with Gasteiger partial charge in [0.1, 0.15) is 17.1 Å². The van der Waals surface area contributed by atoms with E-state index in [1.54, 1.807) is 18.2 Å². The van der Waals surface area contributed by atoms with Crippen molar-refractivity contribution in [1.82, 2.24) is 0 Å². The molecule has 0 saturated heterocycles. The number of fused-ring (bicyclic) bond motifs is 1. The van der Waals surface area contributed by atoms with Crippen LogP contribution in [0.5, 0.6) is 11.5 Å². The van der Waals surface area contributed by atoms with Crippen molar-refractivity contribution >= 4 is 28.3 Å². The molecule has 0 radical (unpaired) electrons. The van der Waals surface area contributed by atoms with Crippen molar-refractivity contribution in [1.29, 1.82) is 0 Å². The molecule has 0 saturated carbocycles. The number of hydrogen-bond donors (Lipinski definition) is 1. The minimum Gasteiger partial charge on any atom is -0.495 e. The molecule has 0 fully saturated rings. The van der Waals surface area contributed by atoms with E-state index in [0.717, 1.165) is 0 Å². The van der Waals surface area contributed by atoms with Crippen LogP contribution in [0.15, 0.2) is 57.7 Å². The van der Waals surface area contributed by atoms with Crippen molar-refractivity contribution in [3.8, 4) is 11.5 Å². The summed E-state index contributed by atoms with van der Waals surface area (Å²) in [5, 5.41) is 14.2. The number of hydrogen-bond acceptors (Lipinski definition) is 7. The SMILES string of the molecule is COc1ccc([N+](=O)[O-])cc1NC(=O)[C@H](C)Oc1ccc2ccc(=O)oc2c1. The number of methoxy groups -OCH3 is 1. The largest absolute Gasteiger partial charge is 0.495 e. The smallest absolute Gasteiger partial charge is 0.336 e. The van der Waals surface area contributed by atoms with E-state index in [1.807, 2.05) is 0 Å². The molecule has 0 aliphatic carbocycles.